The molecule has 1 N–H and O–H groups in total. The van der Waals surface area contributed by atoms with E-state index in [1.54, 1.807) is 39.5 Å². The molecular weight excluding hydrogens is 332 g/mol. The van der Waals surface area contributed by atoms with Crippen molar-refractivity contribution in [2.75, 3.05) is 33.2 Å². The molecule has 0 bridgehead atoms. The van der Waals surface area contributed by atoms with E-state index in [-0.39, 0.29) is 12.1 Å². The molecule has 2 aromatic rings. The second-order valence-electron chi connectivity index (χ2n) is 6.12. The summed E-state index contributed by atoms with van der Waals surface area (Å²) in [4.78, 5) is 14.7. The molecule has 1 fully saturated rings. The van der Waals surface area contributed by atoms with E-state index in [4.69, 9.17) is 14.2 Å². The molecule has 2 aromatic carbocycles. The lowest BCUT2D eigenvalue weighted by molar-refractivity contribution is 0.207. The lowest BCUT2D eigenvalue weighted by Crippen LogP contribution is -2.34. The molecule has 3 rings (SSSR count). The van der Waals surface area contributed by atoms with Gasteiger partial charge in [-0.05, 0) is 42.7 Å². The second-order valence-corrected chi connectivity index (χ2v) is 6.12. The number of hydrogen-bond donors (Lipinski definition) is 1. The van der Waals surface area contributed by atoms with Crippen LogP contribution in [0.4, 0.5) is 10.5 Å². The van der Waals surface area contributed by atoms with E-state index >= 15 is 0 Å². The van der Waals surface area contributed by atoms with E-state index in [1.165, 1.54) is 0 Å². The molecular formula is C20H24N2O4. The van der Waals surface area contributed by atoms with Crippen molar-refractivity contribution in [3.63, 3.8) is 0 Å². The Kier molecular flexibility index (Phi) is 5.51. The predicted octanol–water partition coefficient (Wildman–Crippen LogP) is 4.08. The maximum Gasteiger partial charge on any atom is 0.322 e. The van der Waals surface area contributed by atoms with Gasteiger partial charge in [-0.25, -0.2) is 4.79 Å². The van der Waals surface area contributed by atoms with Crippen molar-refractivity contribution in [1.29, 1.82) is 0 Å². The molecule has 1 aliphatic heterocycles. The lowest BCUT2D eigenvalue weighted by atomic mass is 10.0. The third-order valence-corrected chi connectivity index (χ3v) is 4.65. The molecule has 0 aromatic heterocycles. The Bertz CT molecular complexity index is 761. The van der Waals surface area contributed by atoms with Gasteiger partial charge in [0.15, 0.2) is 11.5 Å². The number of benzene rings is 2. The number of rotatable bonds is 5. The van der Waals surface area contributed by atoms with Crippen LogP contribution in [-0.4, -0.2) is 38.8 Å². The van der Waals surface area contributed by atoms with Crippen molar-refractivity contribution in [3.8, 4) is 17.2 Å². The van der Waals surface area contributed by atoms with Gasteiger partial charge in [-0.15, -0.1) is 0 Å². The Hall–Kier alpha value is -2.89. The summed E-state index contributed by atoms with van der Waals surface area (Å²) >= 11 is 0. The van der Waals surface area contributed by atoms with E-state index in [0.29, 0.717) is 17.2 Å². The fraction of sp³-hybridized carbons (Fsp3) is 0.350. The van der Waals surface area contributed by atoms with E-state index in [0.717, 1.165) is 30.7 Å². The molecule has 6 heteroatoms. The smallest absolute Gasteiger partial charge is 0.322 e. The van der Waals surface area contributed by atoms with Crippen molar-refractivity contribution < 1.29 is 19.0 Å². The first-order valence-electron chi connectivity index (χ1n) is 8.60. The van der Waals surface area contributed by atoms with Gasteiger partial charge in [0.25, 0.3) is 0 Å². The normalized spacial score (nSPS) is 16.3. The van der Waals surface area contributed by atoms with Gasteiger partial charge in [0.05, 0.1) is 27.4 Å². The van der Waals surface area contributed by atoms with Gasteiger partial charge in [0, 0.05) is 18.3 Å². The number of urea groups is 1. The fourth-order valence-electron chi connectivity index (χ4n) is 3.29. The molecule has 26 heavy (non-hydrogen) atoms. The quantitative estimate of drug-likeness (QED) is 0.877. The van der Waals surface area contributed by atoms with Crippen LogP contribution >= 0.6 is 0 Å². The number of nitrogens with zero attached hydrogens (tertiary/aromatic N) is 1. The molecule has 1 saturated heterocycles. The maximum atomic E-state index is 12.8. The van der Waals surface area contributed by atoms with Crippen LogP contribution in [0, 0.1) is 0 Å². The number of anilines is 1. The SMILES string of the molecule is COc1ccc(C2CCCN2C(=O)Nc2ccc(OC)c(OC)c2)cc1. The Morgan fingerprint density at radius 3 is 2.38 bits per heavy atom. The van der Waals surface area contributed by atoms with Crippen LogP contribution in [0.15, 0.2) is 42.5 Å². The minimum Gasteiger partial charge on any atom is -0.497 e. The average Bonchev–Trinajstić information content (AvgIpc) is 3.18. The third-order valence-electron chi connectivity index (χ3n) is 4.65. The second kappa shape index (κ2) is 7.99. The van der Waals surface area contributed by atoms with Gasteiger partial charge in [-0.2, -0.15) is 0 Å². The number of carbonyl (C=O) groups excluding carboxylic acids is 1. The van der Waals surface area contributed by atoms with Crippen molar-refractivity contribution in [2.45, 2.75) is 18.9 Å². The minimum atomic E-state index is -0.115. The third kappa shape index (κ3) is 3.69. The highest BCUT2D eigenvalue weighted by Gasteiger charge is 2.30. The first kappa shape index (κ1) is 17.9. The van der Waals surface area contributed by atoms with Crippen LogP contribution in [0.3, 0.4) is 0 Å². The molecule has 0 aliphatic carbocycles. The van der Waals surface area contributed by atoms with Crippen LogP contribution in [0.5, 0.6) is 17.2 Å². The van der Waals surface area contributed by atoms with Gasteiger partial charge in [0.2, 0.25) is 0 Å². The van der Waals surface area contributed by atoms with Gasteiger partial charge in [-0.3, -0.25) is 0 Å². The molecule has 0 saturated carbocycles. The summed E-state index contributed by atoms with van der Waals surface area (Å²) < 4.78 is 15.7. The highest BCUT2D eigenvalue weighted by Crippen LogP contribution is 2.34. The van der Waals surface area contributed by atoms with E-state index in [9.17, 15) is 4.79 Å². The standard InChI is InChI=1S/C20H24N2O4/c1-24-16-9-6-14(7-10-16)17-5-4-12-22(17)20(23)21-15-8-11-18(25-2)19(13-15)26-3/h6-11,13,17H,4-5,12H2,1-3H3,(H,21,23). The van der Waals surface area contributed by atoms with Gasteiger partial charge in [0.1, 0.15) is 5.75 Å². The molecule has 0 spiro atoms. The highest BCUT2D eigenvalue weighted by atomic mass is 16.5. The zero-order chi connectivity index (χ0) is 18.5. The molecule has 1 heterocycles. The first-order valence-corrected chi connectivity index (χ1v) is 8.60. The Morgan fingerprint density at radius 1 is 1.00 bits per heavy atom. The topological polar surface area (TPSA) is 60.0 Å². The number of amides is 2. The van der Waals surface area contributed by atoms with Gasteiger partial charge < -0.3 is 24.4 Å². The number of nitrogens with one attached hydrogen (secondary N) is 1. The average molecular weight is 356 g/mol. The van der Waals surface area contributed by atoms with Crippen molar-refractivity contribution in [1.82, 2.24) is 4.90 Å². The maximum absolute atomic E-state index is 12.8. The van der Waals surface area contributed by atoms with Crippen LogP contribution in [0.1, 0.15) is 24.4 Å². The number of carbonyl (C=O) groups is 1. The van der Waals surface area contributed by atoms with Crippen molar-refractivity contribution in [3.05, 3.63) is 48.0 Å². The highest BCUT2D eigenvalue weighted by molar-refractivity contribution is 5.90. The summed E-state index contributed by atoms with van der Waals surface area (Å²) in [5.74, 6) is 2.02. The van der Waals surface area contributed by atoms with E-state index < -0.39 is 0 Å². The van der Waals surface area contributed by atoms with Gasteiger partial charge in [-0.1, -0.05) is 12.1 Å². The molecule has 0 radical (unpaired) electrons. The van der Waals surface area contributed by atoms with Crippen LogP contribution < -0.4 is 19.5 Å². The summed E-state index contributed by atoms with van der Waals surface area (Å²) in [6, 6.07) is 13.2. The zero-order valence-corrected chi connectivity index (χ0v) is 15.3. The summed E-state index contributed by atoms with van der Waals surface area (Å²) in [5.41, 5.74) is 1.79. The number of methoxy groups -OCH3 is 3. The summed E-state index contributed by atoms with van der Waals surface area (Å²) in [5, 5.41) is 2.96. The fourth-order valence-corrected chi connectivity index (χ4v) is 3.29. The molecule has 6 nitrogen and oxygen atoms in total. The Balaban J connectivity index is 1.74. The van der Waals surface area contributed by atoms with Crippen molar-refractivity contribution in [2.24, 2.45) is 0 Å². The van der Waals surface area contributed by atoms with Gasteiger partial charge >= 0.3 is 6.03 Å². The number of hydrogen-bond acceptors (Lipinski definition) is 4. The Labute approximate surface area is 153 Å². The lowest BCUT2D eigenvalue weighted by Gasteiger charge is -2.25. The minimum absolute atomic E-state index is 0.0704. The molecule has 1 unspecified atom stereocenters. The van der Waals surface area contributed by atoms with E-state index in [2.05, 4.69) is 5.32 Å². The molecule has 138 valence electrons. The van der Waals surface area contributed by atoms with Crippen molar-refractivity contribution >= 4 is 11.7 Å². The van der Waals surface area contributed by atoms with Crippen LogP contribution in [0.25, 0.3) is 0 Å². The first-order chi connectivity index (χ1) is 12.7. The van der Waals surface area contributed by atoms with Crippen LogP contribution in [-0.2, 0) is 0 Å². The van der Waals surface area contributed by atoms with E-state index in [1.807, 2.05) is 29.2 Å². The predicted molar refractivity (Wildman–Crippen MR) is 100 cm³/mol. The summed E-state index contributed by atoms with van der Waals surface area (Å²) in [7, 11) is 4.80. The molecule has 1 atom stereocenters. The zero-order valence-electron chi connectivity index (χ0n) is 15.3. The summed E-state index contributed by atoms with van der Waals surface area (Å²) in [6.07, 6.45) is 1.93. The molecule has 2 amide bonds. The molecule has 1 aliphatic rings. The van der Waals surface area contributed by atoms with Crippen LogP contribution in [0.2, 0.25) is 0 Å². The summed E-state index contributed by atoms with van der Waals surface area (Å²) in [6.45, 7) is 0.732. The monoisotopic (exact) mass is 356 g/mol. The Morgan fingerprint density at radius 2 is 1.73 bits per heavy atom. The number of ether oxygens (including phenoxy) is 3. The number of likely N-dealkylation sites (tertiary alicyclic amines) is 1. The largest absolute Gasteiger partial charge is 0.497 e.